The molecule has 0 radical (unpaired) electrons. The molecular weight excluding hydrogens is 502 g/mol. The average Bonchev–Trinajstić information content (AvgIpc) is 3.45. The van der Waals surface area contributed by atoms with Gasteiger partial charge in [0.15, 0.2) is 0 Å². The Morgan fingerprint density at radius 3 is 2.66 bits per heavy atom. The molecule has 0 spiro atoms. The van der Waals surface area contributed by atoms with Crippen molar-refractivity contribution < 1.29 is 19.2 Å². The number of ether oxygens (including phenoxy) is 1. The standard InChI is InChI=1S/C28H31N5O4S/c1-2-36-25(34)12-3-4-15-37-33-26(21-9-6-13-29-17-21)20-8-5-11-23(16-20)31-27(35)24-19-38-28(32-24)22-10-7-14-30-18-22/h5-11,13-14,16-18,24,28,32H,2-4,12,15,19H2,1H3,(H,31,35)/b33-26+. The Labute approximate surface area is 226 Å². The average molecular weight is 534 g/mol. The van der Waals surface area contributed by atoms with Gasteiger partial charge in [-0.25, -0.2) is 0 Å². The molecule has 38 heavy (non-hydrogen) atoms. The van der Waals surface area contributed by atoms with E-state index in [1.54, 1.807) is 37.3 Å². The minimum Gasteiger partial charge on any atom is -0.466 e. The molecule has 198 valence electrons. The second-order valence-electron chi connectivity index (χ2n) is 8.57. The fourth-order valence-electron chi connectivity index (χ4n) is 3.87. The predicted octanol–water partition coefficient (Wildman–Crippen LogP) is 4.32. The van der Waals surface area contributed by atoms with Gasteiger partial charge in [-0.1, -0.05) is 23.4 Å². The van der Waals surface area contributed by atoms with Gasteiger partial charge in [0, 0.05) is 53.8 Å². The third kappa shape index (κ3) is 7.87. The molecule has 4 rings (SSSR count). The van der Waals surface area contributed by atoms with Crippen molar-refractivity contribution in [2.24, 2.45) is 5.16 Å². The maximum absolute atomic E-state index is 13.0. The zero-order chi connectivity index (χ0) is 26.6. The number of thioether (sulfide) groups is 1. The fraction of sp³-hybridized carbons (Fsp3) is 0.321. The summed E-state index contributed by atoms with van der Waals surface area (Å²) in [4.78, 5) is 38.5. The second-order valence-corrected chi connectivity index (χ2v) is 9.70. The van der Waals surface area contributed by atoms with Crippen LogP contribution in [-0.2, 0) is 19.2 Å². The van der Waals surface area contributed by atoms with E-state index in [0.717, 1.165) is 16.7 Å². The van der Waals surface area contributed by atoms with Gasteiger partial charge in [0.2, 0.25) is 5.91 Å². The van der Waals surface area contributed by atoms with Gasteiger partial charge >= 0.3 is 5.97 Å². The summed E-state index contributed by atoms with van der Waals surface area (Å²) in [5.74, 6) is 0.362. The molecule has 10 heteroatoms. The fourth-order valence-corrected chi connectivity index (χ4v) is 5.10. The van der Waals surface area contributed by atoms with Crippen LogP contribution in [0.1, 0.15) is 48.3 Å². The molecule has 9 nitrogen and oxygen atoms in total. The van der Waals surface area contributed by atoms with Gasteiger partial charge in [-0.05, 0) is 55.7 Å². The van der Waals surface area contributed by atoms with Crippen molar-refractivity contribution >= 4 is 35.0 Å². The molecule has 3 heterocycles. The van der Waals surface area contributed by atoms with Gasteiger partial charge in [0.05, 0.1) is 18.0 Å². The number of unbranched alkanes of at least 4 members (excludes halogenated alkanes) is 1. The maximum Gasteiger partial charge on any atom is 0.305 e. The SMILES string of the molecule is CCOC(=O)CCCCO/N=C(/c1cccnc1)c1cccc(NC(=O)C2CSC(c3cccnc3)N2)c1. The van der Waals surface area contributed by atoms with Crippen molar-refractivity contribution in [2.75, 3.05) is 24.3 Å². The Kier molecular flexibility index (Phi) is 10.2. The van der Waals surface area contributed by atoms with Crippen LogP contribution in [0, 0.1) is 0 Å². The van der Waals surface area contributed by atoms with Crippen LogP contribution in [0.2, 0.25) is 0 Å². The van der Waals surface area contributed by atoms with Crippen molar-refractivity contribution in [2.45, 2.75) is 37.6 Å². The summed E-state index contributed by atoms with van der Waals surface area (Å²) in [6.07, 6.45) is 8.65. The second kappa shape index (κ2) is 14.3. The number of carbonyl (C=O) groups is 2. The number of carbonyl (C=O) groups excluding carboxylic acids is 2. The number of pyridine rings is 2. The predicted molar refractivity (Wildman–Crippen MR) is 148 cm³/mol. The highest BCUT2D eigenvalue weighted by molar-refractivity contribution is 7.99. The Bertz CT molecular complexity index is 1230. The van der Waals surface area contributed by atoms with Crippen LogP contribution in [0.15, 0.2) is 78.5 Å². The normalized spacial score (nSPS) is 17.1. The van der Waals surface area contributed by atoms with Crippen LogP contribution < -0.4 is 10.6 Å². The zero-order valence-corrected chi connectivity index (χ0v) is 22.0. The Morgan fingerprint density at radius 1 is 1.08 bits per heavy atom. The number of benzene rings is 1. The third-order valence-electron chi connectivity index (χ3n) is 5.75. The summed E-state index contributed by atoms with van der Waals surface area (Å²) in [6, 6.07) is 14.8. The molecule has 0 aliphatic carbocycles. The van der Waals surface area contributed by atoms with Gasteiger partial charge in [0.1, 0.15) is 12.3 Å². The van der Waals surface area contributed by atoms with E-state index in [1.807, 2.05) is 54.7 Å². The van der Waals surface area contributed by atoms with E-state index < -0.39 is 0 Å². The molecule has 1 saturated heterocycles. The Balaban J connectivity index is 1.39. The van der Waals surface area contributed by atoms with Crippen molar-refractivity contribution in [1.82, 2.24) is 15.3 Å². The monoisotopic (exact) mass is 533 g/mol. The molecule has 1 fully saturated rings. The first-order chi connectivity index (χ1) is 18.6. The van der Waals surface area contributed by atoms with Gasteiger partial charge in [-0.3, -0.25) is 24.9 Å². The number of oxime groups is 1. The van der Waals surface area contributed by atoms with Crippen molar-refractivity contribution in [3.63, 3.8) is 0 Å². The lowest BCUT2D eigenvalue weighted by Gasteiger charge is -2.14. The van der Waals surface area contributed by atoms with Crippen LogP contribution in [-0.4, -0.2) is 52.6 Å². The molecule has 0 saturated carbocycles. The number of hydrogen-bond donors (Lipinski definition) is 2. The molecule has 1 aliphatic heterocycles. The van der Waals surface area contributed by atoms with Crippen LogP contribution in [0.5, 0.6) is 0 Å². The molecule has 1 amide bonds. The smallest absolute Gasteiger partial charge is 0.305 e. The van der Waals surface area contributed by atoms with Gasteiger partial charge in [0.25, 0.3) is 0 Å². The third-order valence-corrected chi connectivity index (χ3v) is 7.02. The molecule has 2 aromatic heterocycles. The van der Waals surface area contributed by atoms with E-state index in [4.69, 9.17) is 9.57 Å². The lowest BCUT2D eigenvalue weighted by molar-refractivity contribution is -0.143. The Morgan fingerprint density at radius 2 is 1.89 bits per heavy atom. The van der Waals surface area contributed by atoms with Crippen molar-refractivity contribution in [1.29, 1.82) is 0 Å². The summed E-state index contributed by atoms with van der Waals surface area (Å²) in [5.41, 5.74) is 3.88. The highest BCUT2D eigenvalue weighted by Crippen LogP contribution is 2.32. The first-order valence-corrected chi connectivity index (χ1v) is 13.6. The number of nitrogens with zero attached hydrogens (tertiary/aromatic N) is 3. The lowest BCUT2D eigenvalue weighted by atomic mass is 10.0. The maximum atomic E-state index is 13.0. The molecule has 1 aromatic carbocycles. The quantitative estimate of drug-likeness (QED) is 0.153. The molecule has 2 N–H and O–H groups in total. The minimum atomic E-state index is -0.321. The largest absolute Gasteiger partial charge is 0.466 e. The van der Waals surface area contributed by atoms with Gasteiger partial charge < -0.3 is 14.9 Å². The summed E-state index contributed by atoms with van der Waals surface area (Å²) >= 11 is 1.69. The number of esters is 1. The van der Waals surface area contributed by atoms with Crippen LogP contribution in [0.4, 0.5) is 5.69 Å². The van der Waals surface area contributed by atoms with Crippen LogP contribution in [0.25, 0.3) is 0 Å². The zero-order valence-electron chi connectivity index (χ0n) is 21.2. The van der Waals surface area contributed by atoms with E-state index in [2.05, 4.69) is 25.8 Å². The topological polar surface area (TPSA) is 115 Å². The first-order valence-electron chi connectivity index (χ1n) is 12.6. The number of hydrogen-bond acceptors (Lipinski definition) is 9. The highest BCUT2D eigenvalue weighted by atomic mass is 32.2. The number of anilines is 1. The summed E-state index contributed by atoms with van der Waals surface area (Å²) in [7, 11) is 0. The van der Waals surface area contributed by atoms with Gasteiger partial charge in [-0.2, -0.15) is 0 Å². The number of rotatable bonds is 12. The lowest BCUT2D eigenvalue weighted by Crippen LogP contribution is -2.38. The molecule has 2 atom stereocenters. The van der Waals surface area contributed by atoms with E-state index in [9.17, 15) is 9.59 Å². The summed E-state index contributed by atoms with van der Waals surface area (Å²) in [6.45, 7) is 2.54. The first kappa shape index (κ1) is 27.3. The molecule has 3 aromatic rings. The summed E-state index contributed by atoms with van der Waals surface area (Å²) < 4.78 is 4.95. The summed E-state index contributed by atoms with van der Waals surface area (Å²) in [5, 5.41) is 10.8. The molecule has 0 bridgehead atoms. The van der Waals surface area contributed by atoms with E-state index >= 15 is 0 Å². The molecule has 2 unspecified atom stereocenters. The van der Waals surface area contributed by atoms with Crippen molar-refractivity contribution in [3.05, 3.63) is 90.0 Å². The highest BCUT2D eigenvalue weighted by Gasteiger charge is 2.30. The van der Waals surface area contributed by atoms with Crippen molar-refractivity contribution in [3.8, 4) is 0 Å². The number of amides is 1. The van der Waals surface area contributed by atoms with E-state index in [1.165, 1.54) is 0 Å². The van der Waals surface area contributed by atoms with Crippen LogP contribution in [0.3, 0.4) is 0 Å². The number of aromatic nitrogens is 2. The van der Waals surface area contributed by atoms with Crippen LogP contribution >= 0.6 is 11.8 Å². The van der Waals surface area contributed by atoms with E-state index in [-0.39, 0.29) is 23.3 Å². The van der Waals surface area contributed by atoms with Gasteiger partial charge in [-0.15, -0.1) is 11.8 Å². The Hall–Kier alpha value is -3.76. The number of nitrogens with one attached hydrogen (secondary N) is 2. The van der Waals surface area contributed by atoms with E-state index in [0.29, 0.717) is 49.6 Å². The minimum absolute atomic E-state index is 0.0320. The molecule has 1 aliphatic rings. The molecular formula is C28H31N5O4S.